The van der Waals surface area contributed by atoms with Crippen LogP contribution in [0, 0.1) is 25.2 Å². The van der Waals surface area contributed by atoms with Gasteiger partial charge in [-0.05, 0) is 43.5 Å². The zero-order chi connectivity index (χ0) is 10.0. The van der Waals surface area contributed by atoms with Crippen LogP contribution >= 0.6 is 0 Å². The Bertz CT molecular complexity index is 363. The number of hydrogen-bond donors (Lipinski definition) is 1. The van der Waals surface area contributed by atoms with E-state index in [2.05, 4.69) is 6.07 Å². The van der Waals surface area contributed by atoms with Gasteiger partial charge in [0.25, 0.3) is 0 Å². The van der Waals surface area contributed by atoms with Crippen molar-refractivity contribution < 1.29 is 5.11 Å². The molecule has 0 aliphatic carbocycles. The first-order valence-electron chi connectivity index (χ1n) is 4.26. The van der Waals surface area contributed by atoms with E-state index in [9.17, 15) is 5.11 Å². The maximum absolute atomic E-state index is 9.40. The van der Waals surface area contributed by atoms with E-state index in [1.807, 2.05) is 26.8 Å². The van der Waals surface area contributed by atoms with E-state index < -0.39 is 0 Å². The summed E-state index contributed by atoms with van der Waals surface area (Å²) in [5.41, 5.74) is 2.79. The Morgan fingerprint density at radius 1 is 1.31 bits per heavy atom. The average Bonchev–Trinajstić information content (AvgIpc) is 2.10. The molecular formula is C11H13NO. The van der Waals surface area contributed by atoms with Gasteiger partial charge in [0.1, 0.15) is 5.75 Å². The average molecular weight is 175 g/mol. The molecule has 1 N–H and O–H groups in total. The second-order valence-corrected chi connectivity index (χ2v) is 3.35. The van der Waals surface area contributed by atoms with Gasteiger partial charge in [-0.15, -0.1) is 0 Å². The van der Waals surface area contributed by atoms with Gasteiger partial charge in [0, 0.05) is 0 Å². The smallest absolute Gasteiger partial charge is 0.118 e. The summed E-state index contributed by atoms with van der Waals surface area (Å²) in [6, 6.07) is 5.77. The Labute approximate surface area is 78.4 Å². The summed E-state index contributed by atoms with van der Waals surface area (Å²) < 4.78 is 0. The number of phenolic OH excluding ortho intramolecular Hbond substituents is 1. The fraction of sp³-hybridized carbons (Fsp3) is 0.364. The maximum atomic E-state index is 9.40. The minimum atomic E-state index is -0.112. The molecule has 1 unspecified atom stereocenters. The van der Waals surface area contributed by atoms with Gasteiger partial charge in [-0.3, -0.25) is 0 Å². The number of benzene rings is 1. The molecule has 68 valence electrons. The third-order valence-electron chi connectivity index (χ3n) is 2.24. The van der Waals surface area contributed by atoms with Crippen LogP contribution in [-0.2, 0) is 0 Å². The first-order chi connectivity index (χ1) is 6.06. The van der Waals surface area contributed by atoms with Gasteiger partial charge in [-0.25, -0.2) is 0 Å². The number of aromatic hydroxyl groups is 1. The van der Waals surface area contributed by atoms with Crippen molar-refractivity contribution in [3.8, 4) is 11.8 Å². The summed E-state index contributed by atoms with van der Waals surface area (Å²) >= 11 is 0. The van der Waals surface area contributed by atoms with Crippen molar-refractivity contribution in [2.45, 2.75) is 26.7 Å². The van der Waals surface area contributed by atoms with Crippen LogP contribution in [0.25, 0.3) is 0 Å². The van der Waals surface area contributed by atoms with Crippen LogP contribution < -0.4 is 0 Å². The minimum Gasteiger partial charge on any atom is -0.508 e. The van der Waals surface area contributed by atoms with E-state index in [1.54, 1.807) is 6.07 Å². The van der Waals surface area contributed by atoms with Crippen molar-refractivity contribution in [1.82, 2.24) is 0 Å². The lowest BCUT2D eigenvalue weighted by Crippen LogP contribution is -1.94. The first kappa shape index (κ1) is 9.60. The molecule has 0 heterocycles. The summed E-state index contributed by atoms with van der Waals surface area (Å²) in [6.07, 6.45) is 0. The number of hydrogen-bond acceptors (Lipinski definition) is 2. The molecule has 1 aromatic rings. The van der Waals surface area contributed by atoms with E-state index in [0.717, 1.165) is 16.7 Å². The molecule has 0 spiro atoms. The van der Waals surface area contributed by atoms with Gasteiger partial charge in [-0.1, -0.05) is 6.07 Å². The van der Waals surface area contributed by atoms with E-state index in [4.69, 9.17) is 5.26 Å². The van der Waals surface area contributed by atoms with Gasteiger partial charge in [0.05, 0.1) is 12.0 Å². The molecular weight excluding hydrogens is 162 g/mol. The second kappa shape index (κ2) is 3.49. The molecule has 0 radical (unpaired) electrons. The summed E-state index contributed by atoms with van der Waals surface area (Å²) in [4.78, 5) is 0. The molecule has 13 heavy (non-hydrogen) atoms. The van der Waals surface area contributed by atoms with E-state index >= 15 is 0 Å². The van der Waals surface area contributed by atoms with Crippen LogP contribution in [0.3, 0.4) is 0 Å². The summed E-state index contributed by atoms with van der Waals surface area (Å²) in [6.45, 7) is 5.60. The summed E-state index contributed by atoms with van der Waals surface area (Å²) in [7, 11) is 0. The Balaban J connectivity index is 3.25. The molecule has 1 rings (SSSR count). The Morgan fingerprint density at radius 3 is 2.46 bits per heavy atom. The quantitative estimate of drug-likeness (QED) is 0.713. The van der Waals surface area contributed by atoms with Crippen molar-refractivity contribution in [3.63, 3.8) is 0 Å². The molecule has 0 aliphatic rings. The number of aryl methyl sites for hydroxylation is 2. The largest absolute Gasteiger partial charge is 0.508 e. The number of nitriles is 1. The minimum absolute atomic E-state index is 0.112. The van der Waals surface area contributed by atoms with Crippen LogP contribution in [-0.4, -0.2) is 5.11 Å². The molecule has 0 bridgehead atoms. The van der Waals surface area contributed by atoms with Crippen LogP contribution in [0.4, 0.5) is 0 Å². The standard InChI is InChI=1S/C11H13NO/c1-7-5-11(13)8(2)4-10(7)9(3)6-12/h4-5,9,13H,1-3H3. The van der Waals surface area contributed by atoms with Crippen LogP contribution in [0.15, 0.2) is 12.1 Å². The van der Waals surface area contributed by atoms with Gasteiger partial charge >= 0.3 is 0 Å². The van der Waals surface area contributed by atoms with Crippen molar-refractivity contribution in [1.29, 1.82) is 5.26 Å². The molecule has 0 saturated heterocycles. The molecule has 1 atom stereocenters. The number of nitrogens with zero attached hydrogens (tertiary/aromatic N) is 1. The van der Waals surface area contributed by atoms with Crippen molar-refractivity contribution >= 4 is 0 Å². The summed E-state index contributed by atoms with van der Waals surface area (Å²) in [5.74, 6) is 0.186. The number of rotatable bonds is 1. The predicted octanol–water partition coefficient (Wildman–Crippen LogP) is 2.64. The zero-order valence-electron chi connectivity index (χ0n) is 8.13. The molecule has 0 aliphatic heterocycles. The molecule has 1 aromatic carbocycles. The van der Waals surface area contributed by atoms with Crippen LogP contribution in [0.1, 0.15) is 29.5 Å². The lowest BCUT2D eigenvalue weighted by atomic mass is 9.95. The first-order valence-corrected chi connectivity index (χ1v) is 4.26. The predicted molar refractivity (Wildman–Crippen MR) is 51.6 cm³/mol. The van der Waals surface area contributed by atoms with Crippen molar-refractivity contribution in [2.24, 2.45) is 0 Å². The molecule has 0 saturated carbocycles. The zero-order valence-corrected chi connectivity index (χ0v) is 8.13. The Morgan fingerprint density at radius 2 is 1.92 bits per heavy atom. The third kappa shape index (κ3) is 1.81. The molecule has 2 heteroatoms. The van der Waals surface area contributed by atoms with Gasteiger partial charge in [0.2, 0.25) is 0 Å². The fourth-order valence-corrected chi connectivity index (χ4v) is 1.36. The molecule has 0 aromatic heterocycles. The highest BCUT2D eigenvalue weighted by Gasteiger charge is 2.09. The number of phenols is 1. The highest BCUT2D eigenvalue weighted by molar-refractivity contribution is 5.43. The second-order valence-electron chi connectivity index (χ2n) is 3.35. The normalized spacial score (nSPS) is 12.2. The highest BCUT2D eigenvalue weighted by atomic mass is 16.3. The Hall–Kier alpha value is -1.49. The topological polar surface area (TPSA) is 44.0 Å². The highest BCUT2D eigenvalue weighted by Crippen LogP contribution is 2.26. The SMILES string of the molecule is Cc1cc(C(C)C#N)c(C)cc1O. The maximum Gasteiger partial charge on any atom is 0.118 e. The van der Waals surface area contributed by atoms with Crippen molar-refractivity contribution in [2.75, 3.05) is 0 Å². The van der Waals surface area contributed by atoms with E-state index in [0.29, 0.717) is 5.75 Å². The van der Waals surface area contributed by atoms with Crippen LogP contribution in [0.5, 0.6) is 5.75 Å². The van der Waals surface area contributed by atoms with Crippen molar-refractivity contribution in [3.05, 3.63) is 28.8 Å². The molecule has 0 amide bonds. The van der Waals surface area contributed by atoms with E-state index in [-0.39, 0.29) is 5.92 Å². The van der Waals surface area contributed by atoms with Gasteiger partial charge in [-0.2, -0.15) is 5.26 Å². The van der Waals surface area contributed by atoms with Crippen LogP contribution in [0.2, 0.25) is 0 Å². The monoisotopic (exact) mass is 175 g/mol. The lowest BCUT2D eigenvalue weighted by Gasteiger charge is -2.09. The fourth-order valence-electron chi connectivity index (χ4n) is 1.36. The lowest BCUT2D eigenvalue weighted by molar-refractivity contribution is 0.470. The van der Waals surface area contributed by atoms with Gasteiger partial charge in [0.15, 0.2) is 0 Å². The summed E-state index contributed by atoms with van der Waals surface area (Å²) in [5, 5.41) is 18.2. The van der Waals surface area contributed by atoms with E-state index in [1.165, 1.54) is 0 Å². The molecule has 0 fully saturated rings. The van der Waals surface area contributed by atoms with Gasteiger partial charge < -0.3 is 5.11 Å². The molecule has 2 nitrogen and oxygen atoms in total. The third-order valence-corrected chi connectivity index (χ3v) is 2.24. The Kier molecular flexibility index (Phi) is 2.57.